The Balaban J connectivity index is 0.00000218. The minimum atomic E-state index is -0.0635. The van der Waals surface area contributed by atoms with E-state index in [4.69, 9.17) is 4.98 Å². The first-order valence-corrected chi connectivity index (χ1v) is 10.1. The molecule has 3 aromatic rings. The predicted molar refractivity (Wildman–Crippen MR) is 121 cm³/mol. The Morgan fingerprint density at radius 2 is 1.93 bits per heavy atom. The Bertz CT molecular complexity index is 1040. The number of fused-ring (bicyclic) bond motifs is 3. The van der Waals surface area contributed by atoms with Gasteiger partial charge in [-0.25, -0.2) is 9.97 Å². The summed E-state index contributed by atoms with van der Waals surface area (Å²) in [6.45, 7) is 1.66. The number of aromatic nitrogens is 4. The van der Waals surface area contributed by atoms with Crippen molar-refractivity contribution in [3.05, 3.63) is 65.9 Å². The van der Waals surface area contributed by atoms with Gasteiger partial charge in [0.05, 0.1) is 18.9 Å². The normalized spacial score (nSPS) is 17.5. The average Bonchev–Trinajstić information content (AvgIpc) is 3.41. The van der Waals surface area contributed by atoms with Crippen molar-refractivity contribution in [2.45, 2.75) is 38.3 Å². The highest BCUT2D eigenvalue weighted by atomic mass is 32.1. The topological polar surface area (TPSA) is 67.2 Å². The lowest BCUT2D eigenvalue weighted by molar-refractivity contribution is -0.119. The second kappa shape index (κ2) is 8.47. The number of anilines is 2. The molecule has 2 aliphatic rings. The maximum atomic E-state index is 12.5. The van der Waals surface area contributed by atoms with Crippen LogP contribution in [0.5, 0.6) is 0 Å². The zero-order valence-corrected chi connectivity index (χ0v) is 18.0. The third-order valence-electron chi connectivity index (χ3n) is 5.81. The van der Waals surface area contributed by atoms with Gasteiger partial charge in [-0.2, -0.15) is 18.6 Å². The molecule has 1 atom stereocenters. The van der Waals surface area contributed by atoms with E-state index in [1.165, 1.54) is 11.1 Å². The Kier molecular flexibility index (Phi) is 5.76. The SMILES string of the molecule is CN1C(=O)[C@@H]2CCCN2c2nc(CCc3cnn(Cc4ccccc4)c3)ncc21.S. The fraction of sp³-hybridized carbons (Fsp3) is 0.364. The number of hydrogen-bond donors (Lipinski definition) is 0. The zero-order chi connectivity index (χ0) is 19.8. The second-order valence-electron chi connectivity index (χ2n) is 7.78. The van der Waals surface area contributed by atoms with Gasteiger partial charge in [-0.3, -0.25) is 9.48 Å². The van der Waals surface area contributed by atoms with E-state index in [9.17, 15) is 4.79 Å². The molecule has 0 bridgehead atoms. The summed E-state index contributed by atoms with van der Waals surface area (Å²) in [7, 11) is 1.82. The van der Waals surface area contributed by atoms with Crippen LogP contribution in [-0.4, -0.2) is 45.3 Å². The molecule has 2 aliphatic heterocycles. The molecule has 4 heterocycles. The summed E-state index contributed by atoms with van der Waals surface area (Å²) in [5.74, 6) is 1.87. The number of benzene rings is 1. The fourth-order valence-corrected chi connectivity index (χ4v) is 4.24. The van der Waals surface area contributed by atoms with Crippen molar-refractivity contribution in [1.82, 2.24) is 19.7 Å². The molecule has 1 aromatic carbocycles. The summed E-state index contributed by atoms with van der Waals surface area (Å²) in [4.78, 5) is 25.7. The number of likely N-dealkylation sites (N-methyl/N-ethyl adjacent to an activating group) is 1. The zero-order valence-electron chi connectivity index (χ0n) is 17.0. The molecule has 7 nitrogen and oxygen atoms in total. The van der Waals surface area contributed by atoms with Crippen LogP contribution in [0.3, 0.4) is 0 Å². The van der Waals surface area contributed by atoms with Crippen LogP contribution in [0.25, 0.3) is 0 Å². The smallest absolute Gasteiger partial charge is 0.249 e. The van der Waals surface area contributed by atoms with Crippen LogP contribution < -0.4 is 9.80 Å². The lowest BCUT2D eigenvalue weighted by atomic mass is 10.1. The van der Waals surface area contributed by atoms with Crippen LogP contribution >= 0.6 is 13.5 Å². The van der Waals surface area contributed by atoms with E-state index in [-0.39, 0.29) is 25.4 Å². The number of carbonyl (C=O) groups excluding carboxylic acids is 1. The summed E-state index contributed by atoms with van der Waals surface area (Å²) in [6.07, 6.45) is 9.33. The number of hydrogen-bond acceptors (Lipinski definition) is 5. The van der Waals surface area contributed by atoms with E-state index in [1.54, 1.807) is 11.1 Å². The maximum Gasteiger partial charge on any atom is 0.249 e. The molecule has 1 amide bonds. The third-order valence-corrected chi connectivity index (χ3v) is 5.81. The molecule has 0 radical (unpaired) electrons. The predicted octanol–water partition coefficient (Wildman–Crippen LogP) is 2.56. The van der Waals surface area contributed by atoms with Gasteiger partial charge in [0.2, 0.25) is 5.91 Å². The minimum Gasteiger partial charge on any atom is -0.343 e. The number of amides is 1. The van der Waals surface area contributed by atoms with Crippen LogP contribution in [-0.2, 0) is 24.2 Å². The Hall–Kier alpha value is -2.87. The highest BCUT2D eigenvalue weighted by Gasteiger charge is 2.40. The average molecular weight is 423 g/mol. The summed E-state index contributed by atoms with van der Waals surface area (Å²) >= 11 is 0. The van der Waals surface area contributed by atoms with Crippen LogP contribution in [0.4, 0.5) is 11.5 Å². The van der Waals surface area contributed by atoms with Crippen molar-refractivity contribution in [2.24, 2.45) is 0 Å². The van der Waals surface area contributed by atoms with Gasteiger partial charge in [-0.05, 0) is 30.4 Å². The molecule has 0 saturated carbocycles. The molecule has 0 unspecified atom stereocenters. The van der Waals surface area contributed by atoms with Gasteiger partial charge in [0, 0.05) is 26.2 Å². The van der Waals surface area contributed by atoms with Gasteiger partial charge in [-0.15, -0.1) is 0 Å². The maximum absolute atomic E-state index is 12.5. The molecule has 30 heavy (non-hydrogen) atoms. The van der Waals surface area contributed by atoms with E-state index in [1.807, 2.05) is 36.1 Å². The fourth-order valence-electron chi connectivity index (χ4n) is 4.24. The number of nitrogens with zero attached hydrogens (tertiary/aromatic N) is 6. The number of carbonyl (C=O) groups is 1. The Morgan fingerprint density at radius 3 is 2.77 bits per heavy atom. The van der Waals surface area contributed by atoms with Gasteiger partial charge in [0.25, 0.3) is 0 Å². The minimum absolute atomic E-state index is 0. The summed E-state index contributed by atoms with van der Waals surface area (Å²) in [6, 6.07) is 10.3. The van der Waals surface area contributed by atoms with Crippen LogP contribution in [0.15, 0.2) is 48.9 Å². The van der Waals surface area contributed by atoms with Crippen molar-refractivity contribution >= 4 is 30.9 Å². The highest BCUT2D eigenvalue weighted by Crippen LogP contribution is 2.37. The molecule has 1 saturated heterocycles. The van der Waals surface area contributed by atoms with Crippen molar-refractivity contribution in [3.8, 4) is 0 Å². The monoisotopic (exact) mass is 422 g/mol. The summed E-state index contributed by atoms with van der Waals surface area (Å²) in [5.41, 5.74) is 3.22. The van der Waals surface area contributed by atoms with Crippen molar-refractivity contribution in [3.63, 3.8) is 0 Å². The highest BCUT2D eigenvalue weighted by molar-refractivity contribution is 7.59. The van der Waals surface area contributed by atoms with Crippen molar-refractivity contribution < 1.29 is 4.79 Å². The molecule has 0 N–H and O–H groups in total. The van der Waals surface area contributed by atoms with Crippen molar-refractivity contribution in [2.75, 3.05) is 23.4 Å². The molecule has 0 spiro atoms. The second-order valence-corrected chi connectivity index (χ2v) is 7.78. The number of rotatable bonds is 5. The van der Waals surface area contributed by atoms with Crippen LogP contribution in [0.1, 0.15) is 29.8 Å². The third kappa shape index (κ3) is 3.79. The Labute approximate surface area is 183 Å². The molecule has 2 aromatic heterocycles. The van der Waals surface area contributed by atoms with Crippen LogP contribution in [0, 0.1) is 0 Å². The molecule has 8 heteroatoms. The van der Waals surface area contributed by atoms with Crippen molar-refractivity contribution in [1.29, 1.82) is 0 Å². The van der Waals surface area contributed by atoms with Gasteiger partial charge < -0.3 is 9.80 Å². The largest absolute Gasteiger partial charge is 0.343 e. The van der Waals surface area contributed by atoms with Gasteiger partial charge in [0.1, 0.15) is 17.6 Å². The Morgan fingerprint density at radius 1 is 1.10 bits per heavy atom. The van der Waals surface area contributed by atoms with Crippen LogP contribution in [0.2, 0.25) is 0 Å². The summed E-state index contributed by atoms with van der Waals surface area (Å²) in [5, 5.41) is 4.48. The molecule has 0 aliphatic carbocycles. The molecule has 1 fully saturated rings. The lowest BCUT2D eigenvalue weighted by Gasteiger charge is -2.36. The molecular weight excluding hydrogens is 396 g/mol. The first-order chi connectivity index (χ1) is 14.2. The lowest BCUT2D eigenvalue weighted by Crippen LogP contribution is -2.49. The summed E-state index contributed by atoms with van der Waals surface area (Å²) < 4.78 is 1.97. The van der Waals surface area contributed by atoms with E-state index in [2.05, 4.69) is 33.3 Å². The van der Waals surface area contributed by atoms with Gasteiger partial charge in [-0.1, -0.05) is 30.3 Å². The standard InChI is InChI=1S/C22H24N6O.H2S/c1-26-19-13-23-20(25-21(19)28-11-5-8-18(28)22(26)29)10-9-17-12-24-27(15-17)14-16-6-3-2-4-7-16;/h2-4,6-7,12-13,15,18H,5,8-11,14H2,1H3;1H2/t18-;/m0./s1. The quantitative estimate of drug-likeness (QED) is 0.632. The molecular formula is C22H26N6OS. The first kappa shape index (κ1) is 20.4. The molecule has 156 valence electrons. The van der Waals surface area contributed by atoms with Gasteiger partial charge >= 0.3 is 0 Å². The molecule has 5 rings (SSSR count). The van der Waals surface area contributed by atoms with E-state index >= 15 is 0 Å². The van der Waals surface area contributed by atoms with Gasteiger partial charge in [0.15, 0.2) is 5.82 Å². The first-order valence-electron chi connectivity index (χ1n) is 10.1. The van der Waals surface area contributed by atoms with E-state index < -0.39 is 0 Å². The van der Waals surface area contributed by atoms with E-state index in [0.29, 0.717) is 0 Å². The number of aryl methyl sites for hydroxylation is 2. The van der Waals surface area contributed by atoms with E-state index in [0.717, 1.165) is 56.1 Å².